The van der Waals surface area contributed by atoms with Crippen LogP contribution in [0, 0.1) is 6.92 Å². The predicted octanol–water partition coefficient (Wildman–Crippen LogP) is 4.90. The van der Waals surface area contributed by atoms with Crippen LogP contribution in [0.5, 0.6) is 0 Å². The van der Waals surface area contributed by atoms with Gasteiger partial charge in [0.15, 0.2) is 5.16 Å². The lowest BCUT2D eigenvalue weighted by Crippen LogP contribution is -2.15. The summed E-state index contributed by atoms with van der Waals surface area (Å²) in [6, 6.07) is 27.9. The normalized spacial score (nSPS) is 10.7. The zero-order chi connectivity index (χ0) is 20.8. The van der Waals surface area contributed by atoms with Gasteiger partial charge in [0.05, 0.1) is 5.75 Å². The van der Waals surface area contributed by atoms with Crippen LogP contribution in [0.4, 0.5) is 5.69 Å². The number of amides is 1. The Morgan fingerprint density at radius 1 is 0.900 bits per heavy atom. The number of carbonyl (C=O) groups is 1. The summed E-state index contributed by atoms with van der Waals surface area (Å²) in [6.45, 7) is 1.98. The lowest BCUT2D eigenvalue weighted by Gasteiger charge is -2.11. The number of thioether (sulfide) groups is 1. The molecule has 0 unspecified atom stereocenters. The molecule has 4 aromatic rings. The number of para-hydroxylation sites is 2. The maximum absolute atomic E-state index is 12.5. The van der Waals surface area contributed by atoms with E-state index >= 15 is 0 Å². The average molecular weight is 415 g/mol. The molecule has 0 aliphatic carbocycles. The van der Waals surface area contributed by atoms with Crippen molar-refractivity contribution >= 4 is 23.4 Å². The molecule has 150 valence electrons. The van der Waals surface area contributed by atoms with Gasteiger partial charge < -0.3 is 5.32 Å². The van der Waals surface area contributed by atoms with E-state index in [-0.39, 0.29) is 11.7 Å². The molecule has 0 fully saturated rings. The molecule has 1 amide bonds. The quantitative estimate of drug-likeness (QED) is 0.437. The fourth-order valence-corrected chi connectivity index (χ4v) is 3.92. The molecule has 0 aliphatic heterocycles. The predicted molar refractivity (Wildman–Crippen MR) is 121 cm³/mol. The molecule has 0 radical (unpaired) electrons. The number of hydrogen-bond acceptors (Lipinski definition) is 4. The Morgan fingerprint density at radius 3 is 2.30 bits per heavy atom. The summed E-state index contributed by atoms with van der Waals surface area (Å²) in [5, 5.41) is 12.5. The average Bonchev–Trinajstić information content (AvgIpc) is 3.17. The third kappa shape index (κ3) is 4.78. The summed E-state index contributed by atoms with van der Waals surface area (Å²) in [5.74, 6) is 1.03. The first-order valence-electron chi connectivity index (χ1n) is 9.72. The van der Waals surface area contributed by atoms with E-state index in [9.17, 15) is 4.79 Å². The van der Waals surface area contributed by atoms with Crippen LogP contribution in [0.2, 0.25) is 0 Å². The summed E-state index contributed by atoms with van der Waals surface area (Å²) in [4.78, 5) is 12.5. The lowest BCUT2D eigenvalue weighted by molar-refractivity contribution is -0.113. The highest BCUT2D eigenvalue weighted by molar-refractivity contribution is 7.99. The van der Waals surface area contributed by atoms with Crippen molar-refractivity contribution in [3.05, 3.63) is 102 Å². The highest BCUT2D eigenvalue weighted by Gasteiger charge is 2.16. The van der Waals surface area contributed by atoms with Gasteiger partial charge in [-0.1, -0.05) is 78.5 Å². The van der Waals surface area contributed by atoms with E-state index in [1.807, 2.05) is 84.3 Å². The van der Waals surface area contributed by atoms with E-state index in [1.165, 1.54) is 11.8 Å². The van der Waals surface area contributed by atoms with Crippen molar-refractivity contribution in [1.82, 2.24) is 14.8 Å². The van der Waals surface area contributed by atoms with Crippen molar-refractivity contribution in [3.8, 4) is 5.69 Å². The summed E-state index contributed by atoms with van der Waals surface area (Å²) in [7, 11) is 0. The topological polar surface area (TPSA) is 59.8 Å². The van der Waals surface area contributed by atoms with Crippen LogP contribution in [-0.2, 0) is 11.2 Å². The maximum atomic E-state index is 12.5. The molecule has 0 spiro atoms. The minimum atomic E-state index is -0.0680. The van der Waals surface area contributed by atoms with Gasteiger partial charge in [-0.15, -0.1) is 10.2 Å². The van der Waals surface area contributed by atoms with Gasteiger partial charge in [0, 0.05) is 17.8 Å². The van der Waals surface area contributed by atoms with Crippen LogP contribution in [0.1, 0.15) is 17.0 Å². The number of aryl methyl sites for hydroxylation is 1. The van der Waals surface area contributed by atoms with E-state index in [0.717, 1.165) is 28.3 Å². The van der Waals surface area contributed by atoms with Gasteiger partial charge in [-0.25, -0.2) is 0 Å². The van der Waals surface area contributed by atoms with Crippen molar-refractivity contribution in [2.45, 2.75) is 18.5 Å². The first-order chi connectivity index (χ1) is 14.7. The third-order valence-corrected chi connectivity index (χ3v) is 5.60. The van der Waals surface area contributed by atoms with Gasteiger partial charge in [-0.2, -0.15) is 0 Å². The highest BCUT2D eigenvalue weighted by Crippen LogP contribution is 2.24. The molecule has 1 heterocycles. The van der Waals surface area contributed by atoms with Crippen molar-refractivity contribution in [1.29, 1.82) is 0 Å². The van der Waals surface area contributed by atoms with Crippen molar-refractivity contribution < 1.29 is 4.79 Å². The molecule has 5 nitrogen and oxygen atoms in total. The van der Waals surface area contributed by atoms with Crippen molar-refractivity contribution in [2.24, 2.45) is 0 Å². The minimum Gasteiger partial charge on any atom is -0.325 e. The molecular weight excluding hydrogens is 392 g/mol. The number of nitrogens with one attached hydrogen (secondary N) is 1. The molecule has 0 bridgehead atoms. The Morgan fingerprint density at radius 2 is 1.57 bits per heavy atom. The first kappa shape index (κ1) is 19.9. The largest absolute Gasteiger partial charge is 0.325 e. The zero-order valence-corrected chi connectivity index (χ0v) is 17.5. The molecule has 0 saturated heterocycles. The van der Waals surface area contributed by atoms with Crippen molar-refractivity contribution in [3.63, 3.8) is 0 Å². The number of benzene rings is 3. The summed E-state index contributed by atoms with van der Waals surface area (Å²) in [6.07, 6.45) is 0.665. The summed E-state index contributed by atoms with van der Waals surface area (Å²) < 4.78 is 2.03. The Labute approximate surface area is 180 Å². The monoisotopic (exact) mass is 414 g/mol. The molecule has 4 rings (SSSR count). The number of rotatable bonds is 7. The van der Waals surface area contributed by atoms with Gasteiger partial charge in [-0.05, 0) is 36.2 Å². The number of aromatic nitrogens is 3. The smallest absolute Gasteiger partial charge is 0.234 e. The second-order valence-electron chi connectivity index (χ2n) is 6.88. The summed E-state index contributed by atoms with van der Waals surface area (Å²) in [5.41, 5.74) is 4.01. The highest BCUT2D eigenvalue weighted by atomic mass is 32.2. The molecule has 1 aromatic heterocycles. The third-order valence-electron chi connectivity index (χ3n) is 4.67. The number of nitrogens with zero attached hydrogens (tertiary/aromatic N) is 3. The number of hydrogen-bond donors (Lipinski definition) is 1. The molecule has 0 aliphatic rings. The van der Waals surface area contributed by atoms with Crippen LogP contribution in [0.3, 0.4) is 0 Å². The van der Waals surface area contributed by atoms with Gasteiger partial charge in [0.25, 0.3) is 0 Å². The van der Waals surface area contributed by atoms with Crippen LogP contribution in [-0.4, -0.2) is 26.4 Å². The lowest BCUT2D eigenvalue weighted by atomic mass is 10.1. The minimum absolute atomic E-state index is 0.0680. The first-order valence-corrected chi connectivity index (χ1v) is 10.7. The fraction of sp³-hybridized carbons (Fsp3) is 0.125. The molecule has 6 heteroatoms. The molecule has 0 saturated carbocycles. The number of carbonyl (C=O) groups excluding carboxylic acids is 1. The van der Waals surface area contributed by atoms with Crippen LogP contribution in [0.25, 0.3) is 5.69 Å². The molecular formula is C24H22N4OS. The zero-order valence-electron chi connectivity index (χ0n) is 16.7. The van der Waals surface area contributed by atoms with Gasteiger partial charge in [-0.3, -0.25) is 9.36 Å². The van der Waals surface area contributed by atoms with Crippen LogP contribution < -0.4 is 5.32 Å². The molecule has 1 N–H and O–H groups in total. The fourth-order valence-electron chi connectivity index (χ4n) is 3.15. The Balaban J connectivity index is 1.54. The Kier molecular flexibility index (Phi) is 6.25. The van der Waals surface area contributed by atoms with E-state index in [1.54, 1.807) is 0 Å². The summed E-state index contributed by atoms with van der Waals surface area (Å²) >= 11 is 1.38. The maximum Gasteiger partial charge on any atom is 0.234 e. The molecule has 0 atom stereocenters. The van der Waals surface area contributed by atoms with Crippen LogP contribution >= 0.6 is 11.8 Å². The Bertz CT molecular complexity index is 1130. The van der Waals surface area contributed by atoms with E-state index in [4.69, 9.17) is 0 Å². The standard InChI is InChI=1S/C24H22N4OS/c1-18-10-8-9-15-21(18)25-23(29)17-30-24-27-26-22(16-19-11-4-2-5-12-19)28(24)20-13-6-3-7-14-20/h2-15H,16-17H2,1H3,(H,25,29). The van der Waals surface area contributed by atoms with E-state index in [2.05, 4.69) is 27.6 Å². The SMILES string of the molecule is Cc1ccccc1NC(=O)CSc1nnc(Cc2ccccc2)n1-c1ccccc1. The van der Waals surface area contributed by atoms with Gasteiger partial charge in [0.1, 0.15) is 5.82 Å². The second kappa shape index (κ2) is 9.41. The van der Waals surface area contributed by atoms with E-state index < -0.39 is 0 Å². The molecule has 3 aromatic carbocycles. The molecule has 30 heavy (non-hydrogen) atoms. The van der Waals surface area contributed by atoms with E-state index in [0.29, 0.717) is 11.6 Å². The van der Waals surface area contributed by atoms with Crippen LogP contribution in [0.15, 0.2) is 90.1 Å². The Hall–Kier alpha value is -3.38. The van der Waals surface area contributed by atoms with Crippen molar-refractivity contribution in [2.75, 3.05) is 11.1 Å². The second-order valence-corrected chi connectivity index (χ2v) is 7.83. The van der Waals surface area contributed by atoms with Gasteiger partial charge >= 0.3 is 0 Å². The number of anilines is 1. The van der Waals surface area contributed by atoms with Gasteiger partial charge in [0.2, 0.25) is 5.91 Å².